The molecule has 0 bridgehead atoms. The summed E-state index contributed by atoms with van der Waals surface area (Å²) in [5, 5.41) is 0.862. The van der Waals surface area contributed by atoms with Crippen molar-refractivity contribution in [1.29, 1.82) is 0 Å². The third-order valence-electron chi connectivity index (χ3n) is 5.75. The quantitative estimate of drug-likeness (QED) is 0.352. The lowest BCUT2D eigenvalue weighted by atomic mass is 9.89. The lowest BCUT2D eigenvalue weighted by Crippen LogP contribution is -2.38. The first-order chi connectivity index (χ1) is 13.5. The zero-order valence-electron chi connectivity index (χ0n) is 16.0. The Hall–Kier alpha value is -1.19. The fourth-order valence-electron chi connectivity index (χ4n) is 4.04. The van der Waals surface area contributed by atoms with Gasteiger partial charge in [-0.15, -0.1) is 0 Å². The van der Waals surface area contributed by atoms with Crippen LogP contribution in [0.25, 0.3) is 0 Å². The number of benzene rings is 1. The minimum Gasteiger partial charge on any atom is -0.303 e. The lowest BCUT2D eigenvalue weighted by Gasteiger charge is -2.31. The first-order valence-electron chi connectivity index (χ1n) is 9.78. The highest BCUT2D eigenvalue weighted by atomic mass is 127. The van der Waals surface area contributed by atoms with Crippen molar-refractivity contribution in [2.24, 2.45) is 5.92 Å². The molecule has 148 valence electrons. The lowest BCUT2D eigenvalue weighted by molar-refractivity contribution is 0.0841. The molecule has 1 saturated heterocycles. The third kappa shape index (κ3) is 4.21. The highest BCUT2D eigenvalue weighted by Crippen LogP contribution is 2.24. The fraction of sp³-hybridized carbons (Fsp3) is 0.476. The molecule has 2 aromatic rings. The van der Waals surface area contributed by atoms with E-state index in [9.17, 15) is 9.59 Å². The number of thioether (sulfide) groups is 1. The molecule has 0 amide bonds. The summed E-state index contributed by atoms with van der Waals surface area (Å²) >= 11 is 3.92. The second kappa shape index (κ2) is 8.67. The number of fused-ring (bicyclic) bond motifs is 1. The summed E-state index contributed by atoms with van der Waals surface area (Å²) in [5.74, 6) is 1.32. The van der Waals surface area contributed by atoms with Crippen molar-refractivity contribution < 1.29 is 4.79 Å². The number of rotatable bonds is 5. The molecule has 0 atom stereocenters. The van der Waals surface area contributed by atoms with Crippen molar-refractivity contribution in [3.8, 4) is 0 Å². The number of piperidine rings is 1. The number of carbonyl (C=O) groups is 1. The van der Waals surface area contributed by atoms with Crippen LogP contribution in [0.1, 0.15) is 34.5 Å². The Kier molecular flexibility index (Phi) is 6.22. The predicted molar refractivity (Wildman–Crippen MR) is 120 cm³/mol. The summed E-state index contributed by atoms with van der Waals surface area (Å²) < 4.78 is 2.97. The third-order valence-corrected chi connectivity index (χ3v) is 7.42. The number of Topliss-reactive ketones (excluding diaryl/α,β-unsaturated/α-hetero) is 1. The highest BCUT2D eigenvalue weighted by Gasteiger charge is 2.26. The summed E-state index contributed by atoms with van der Waals surface area (Å²) in [5.41, 5.74) is 2.68. The van der Waals surface area contributed by atoms with Crippen LogP contribution < -0.4 is 5.56 Å². The molecule has 0 spiro atoms. The van der Waals surface area contributed by atoms with E-state index in [2.05, 4.69) is 32.5 Å². The van der Waals surface area contributed by atoms with Crippen LogP contribution in [0, 0.1) is 16.4 Å². The van der Waals surface area contributed by atoms with Gasteiger partial charge in [0.25, 0.3) is 5.56 Å². The molecule has 4 rings (SSSR count). The summed E-state index contributed by atoms with van der Waals surface area (Å²) in [7, 11) is 0. The van der Waals surface area contributed by atoms with Crippen molar-refractivity contribution in [1.82, 2.24) is 14.5 Å². The molecule has 0 N–H and O–H groups in total. The molecule has 3 heterocycles. The van der Waals surface area contributed by atoms with Gasteiger partial charge >= 0.3 is 0 Å². The van der Waals surface area contributed by atoms with Gasteiger partial charge in [-0.3, -0.25) is 14.2 Å². The van der Waals surface area contributed by atoms with Crippen LogP contribution in [-0.2, 0) is 13.0 Å². The molecule has 0 saturated carbocycles. The maximum absolute atomic E-state index is 12.7. The standard InChI is InChI=1S/C21H24IN3O2S/c1-14-18(20(27)25-12-13-28-21(25)23-14)8-11-24-9-6-16(7-10-24)19(26)15-2-4-17(22)5-3-15/h2-5,16H,6-13H2,1H3. The second-order valence-corrected chi connectivity index (χ2v) is 9.81. The molecule has 7 heteroatoms. The minimum absolute atomic E-state index is 0.113. The van der Waals surface area contributed by atoms with Gasteiger partial charge in [0, 0.05) is 45.2 Å². The van der Waals surface area contributed by atoms with E-state index >= 15 is 0 Å². The molecule has 1 aromatic carbocycles. The SMILES string of the molecule is Cc1nc2n(c(=O)c1CCN1CCC(C(=O)c3ccc(I)cc3)CC1)CCS2. The van der Waals surface area contributed by atoms with Crippen LogP contribution in [0.2, 0.25) is 0 Å². The van der Waals surface area contributed by atoms with Gasteiger partial charge < -0.3 is 4.90 Å². The van der Waals surface area contributed by atoms with Gasteiger partial charge in [-0.25, -0.2) is 4.98 Å². The fourth-order valence-corrected chi connectivity index (χ4v) is 5.39. The van der Waals surface area contributed by atoms with Crippen molar-refractivity contribution in [3.05, 3.63) is 55.0 Å². The topological polar surface area (TPSA) is 55.2 Å². The van der Waals surface area contributed by atoms with Crippen LogP contribution in [0.4, 0.5) is 0 Å². The predicted octanol–water partition coefficient (Wildman–Crippen LogP) is 3.40. The van der Waals surface area contributed by atoms with E-state index in [1.54, 1.807) is 11.8 Å². The van der Waals surface area contributed by atoms with E-state index in [0.717, 1.165) is 76.7 Å². The Morgan fingerprint density at radius 3 is 2.64 bits per heavy atom. The second-order valence-electron chi connectivity index (χ2n) is 7.50. The van der Waals surface area contributed by atoms with Crippen molar-refractivity contribution >= 4 is 40.1 Å². The number of aryl methyl sites for hydroxylation is 1. The number of nitrogens with zero attached hydrogens (tertiary/aromatic N) is 3. The molecule has 1 aromatic heterocycles. The molecule has 2 aliphatic heterocycles. The highest BCUT2D eigenvalue weighted by molar-refractivity contribution is 14.1. The Bertz CT molecular complexity index is 934. The van der Waals surface area contributed by atoms with Crippen LogP contribution >= 0.6 is 34.4 Å². The van der Waals surface area contributed by atoms with Crippen molar-refractivity contribution in [2.45, 2.75) is 37.9 Å². The first-order valence-corrected chi connectivity index (χ1v) is 11.8. The van der Waals surface area contributed by atoms with Gasteiger partial charge in [0.15, 0.2) is 10.9 Å². The van der Waals surface area contributed by atoms with E-state index in [4.69, 9.17) is 0 Å². The van der Waals surface area contributed by atoms with Gasteiger partial charge in [0.2, 0.25) is 0 Å². The number of hydrogen-bond donors (Lipinski definition) is 0. The average molecular weight is 509 g/mol. The average Bonchev–Trinajstić information content (AvgIpc) is 3.17. The number of ketones is 1. The molecule has 2 aliphatic rings. The molecular formula is C21H24IN3O2S. The van der Waals surface area contributed by atoms with E-state index in [-0.39, 0.29) is 17.3 Å². The van der Waals surface area contributed by atoms with E-state index in [0.29, 0.717) is 0 Å². The Morgan fingerprint density at radius 1 is 1.21 bits per heavy atom. The number of aromatic nitrogens is 2. The maximum atomic E-state index is 12.7. The van der Waals surface area contributed by atoms with Gasteiger partial charge in [-0.2, -0.15) is 0 Å². The minimum atomic E-state index is 0.113. The van der Waals surface area contributed by atoms with Gasteiger partial charge in [-0.05, 0) is 74.0 Å². The molecule has 0 unspecified atom stereocenters. The number of halogens is 1. The Labute approximate surface area is 183 Å². The van der Waals surface area contributed by atoms with E-state index < -0.39 is 0 Å². The van der Waals surface area contributed by atoms with Gasteiger partial charge in [0.05, 0.1) is 0 Å². The Morgan fingerprint density at radius 2 is 1.93 bits per heavy atom. The van der Waals surface area contributed by atoms with Crippen LogP contribution in [0.15, 0.2) is 34.2 Å². The van der Waals surface area contributed by atoms with Gasteiger partial charge in [-0.1, -0.05) is 23.9 Å². The zero-order valence-corrected chi connectivity index (χ0v) is 19.0. The number of likely N-dealkylation sites (tertiary alicyclic amines) is 1. The zero-order chi connectivity index (χ0) is 19.7. The smallest absolute Gasteiger partial charge is 0.257 e. The normalized spacial score (nSPS) is 17.6. The Balaban J connectivity index is 1.34. The molecule has 1 fully saturated rings. The molecule has 0 aliphatic carbocycles. The monoisotopic (exact) mass is 509 g/mol. The van der Waals surface area contributed by atoms with Crippen molar-refractivity contribution in [2.75, 3.05) is 25.4 Å². The van der Waals surface area contributed by atoms with E-state index in [1.165, 1.54) is 0 Å². The summed E-state index contributed by atoms with van der Waals surface area (Å²) in [6, 6.07) is 7.86. The summed E-state index contributed by atoms with van der Waals surface area (Å²) in [4.78, 5) is 32.4. The molecule has 0 radical (unpaired) electrons. The largest absolute Gasteiger partial charge is 0.303 e. The first kappa shape index (κ1) is 20.1. The molecule has 5 nitrogen and oxygen atoms in total. The number of hydrogen-bond acceptors (Lipinski definition) is 5. The summed E-state index contributed by atoms with van der Waals surface area (Å²) in [6.07, 6.45) is 2.52. The van der Waals surface area contributed by atoms with Gasteiger partial charge in [0.1, 0.15) is 0 Å². The summed E-state index contributed by atoms with van der Waals surface area (Å²) in [6.45, 7) is 5.40. The molecule has 28 heavy (non-hydrogen) atoms. The maximum Gasteiger partial charge on any atom is 0.257 e. The molecular weight excluding hydrogens is 485 g/mol. The van der Waals surface area contributed by atoms with Crippen LogP contribution in [-0.4, -0.2) is 45.6 Å². The van der Waals surface area contributed by atoms with Crippen LogP contribution in [0.5, 0.6) is 0 Å². The van der Waals surface area contributed by atoms with Crippen molar-refractivity contribution in [3.63, 3.8) is 0 Å². The van der Waals surface area contributed by atoms with Crippen LogP contribution in [0.3, 0.4) is 0 Å². The van der Waals surface area contributed by atoms with E-state index in [1.807, 2.05) is 35.8 Å². The number of carbonyl (C=O) groups excluding carboxylic acids is 1.